The summed E-state index contributed by atoms with van der Waals surface area (Å²) in [6.45, 7) is 4.24. The second-order valence-corrected chi connectivity index (χ2v) is 4.56. The van der Waals surface area contributed by atoms with Crippen molar-refractivity contribution in [3.05, 3.63) is 0 Å². The van der Waals surface area contributed by atoms with Gasteiger partial charge in [0.05, 0.1) is 6.54 Å². The zero-order chi connectivity index (χ0) is 11.4. The molecule has 0 radical (unpaired) electrons. The van der Waals surface area contributed by atoms with Crippen molar-refractivity contribution in [3.8, 4) is 0 Å². The molecule has 0 aromatic heterocycles. The van der Waals surface area contributed by atoms with E-state index in [1.54, 1.807) is 0 Å². The normalized spacial score (nSPS) is 30.9. The summed E-state index contributed by atoms with van der Waals surface area (Å²) in [5, 5.41) is 2.59. The fraction of sp³-hybridized carbons (Fsp3) is 0.818. The van der Waals surface area contributed by atoms with Crippen molar-refractivity contribution in [2.75, 3.05) is 6.54 Å². The van der Waals surface area contributed by atoms with Crippen molar-refractivity contribution in [2.24, 2.45) is 23.5 Å². The summed E-state index contributed by atoms with van der Waals surface area (Å²) < 4.78 is 0. The van der Waals surface area contributed by atoms with Gasteiger partial charge >= 0.3 is 0 Å². The van der Waals surface area contributed by atoms with Gasteiger partial charge in [-0.15, -0.1) is 0 Å². The predicted molar refractivity (Wildman–Crippen MR) is 57.9 cm³/mol. The van der Waals surface area contributed by atoms with Gasteiger partial charge in [-0.3, -0.25) is 9.59 Å². The van der Waals surface area contributed by atoms with Crippen LogP contribution in [0.5, 0.6) is 0 Å². The minimum Gasteiger partial charge on any atom is -0.368 e. The SMILES string of the molecule is CC1CCCC(C(=O)NCC(N)=O)C1C. The van der Waals surface area contributed by atoms with E-state index in [-0.39, 0.29) is 18.4 Å². The Morgan fingerprint density at radius 2 is 2.00 bits per heavy atom. The summed E-state index contributed by atoms with van der Waals surface area (Å²) in [6.07, 6.45) is 3.22. The van der Waals surface area contributed by atoms with Gasteiger partial charge in [0, 0.05) is 5.92 Å². The lowest BCUT2D eigenvalue weighted by molar-refractivity contribution is -0.130. The number of hydrogen-bond donors (Lipinski definition) is 2. The number of carbonyl (C=O) groups excluding carboxylic acids is 2. The maximum atomic E-state index is 11.7. The van der Waals surface area contributed by atoms with Gasteiger partial charge in [-0.05, 0) is 18.3 Å². The highest BCUT2D eigenvalue weighted by molar-refractivity contribution is 5.85. The molecule has 1 aliphatic rings. The third-order valence-corrected chi connectivity index (χ3v) is 3.48. The predicted octanol–water partition coefficient (Wildman–Crippen LogP) is 0.660. The summed E-state index contributed by atoms with van der Waals surface area (Å²) in [5.41, 5.74) is 4.98. The molecule has 4 nitrogen and oxygen atoms in total. The molecule has 0 saturated heterocycles. The van der Waals surface area contributed by atoms with E-state index >= 15 is 0 Å². The van der Waals surface area contributed by atoms with Crippen molar-refractivity contribution in [3.63, 3.8) is 0 Å². The summed E-state index contributed by atoms with van der Waals surface area (Å²) in [5.74, 6) is 0.524. The Labute approximate surface area is 90.6 Å². The van der Waals surface area contributed by atoms with E-state index in [0.717, 1.165) is 12.8 Å². The number of nitrogens with one attached hydrogen (secondary N) is 1. The second-order valence-electron chi connectivity index (χ2n) is 4.56. The van der Waals surface area contributed by atoms with E-state index in [0.29, 0.717) is 11.8 Å². The van der Waals surface area contributed by atoms with E-state index in [1.165, 1.54) is 6.42 Å². The fourth-order valence-corrected chi connectivity index (χ4v) is 2.26. The van der Waals surface area contributed by atoms with Crippen molar-refractivity contribution >= 4 is 11.8 Å². The Bertz CT molecular complexity index is 253. The maximum Gasteiger partial charge on any atom is 0.236 e. The quantitative estimate of drug-likeness (QED) is 0.721. The first-order valence-electron chi connectivity index (χ1n) is 5.58. The summed E-state index contributed by atoms with van der Waals surface area (Å²) >= 11 is 0. The average molecular weight is 212 g/mol. The fourth-order valence-electron chi connectivity index (χ4n) is 2.26. The Kier molecular flexibility index (Phi) is 4.12. The van der Waals surface area contributed by atoms with Crippen LogP contribution in [0.15, 0.2) is 0 Å². The van der Waals surface area contributed by atoms with Gasteiger partial charge in [-0.2, -0.15) is 0 Å². The van der Waals surface area contributed by atoms with E-state index in [1.807, 2.05) is 0 Å². The Balaban J connectivity index is 2.47. The third-order valence-electron chi connectivity index (χ3n) is 3.48. The summed E-state index contributed by atoms with van der Waals surface area (Å²) in [7, 11) is 0. The minimum atomic E-state index is -0.486. The van der Waals surface area contributed by atoms with Crippen LogP contribution in [0.1, 0.15) is 33.1 Å². The van der Waals surface area contributed by atoms with Crippen molar-refractivity contribution in [2.45, 2.75) is 33.1 Å². The number of amides is 2. The highest BCUT2D eigenvalue weighted by Crippen LogP contribution is 2.34. The van der Waals surface area contributed by atoms with E-state index in [4.69, 9.17) is 5.73 Å². The van der Waals surface area contributed by atoms with Crippen molar-refractivity contribution in [1.82, 2.24) is 5.32 Å². The topological polar surface area (TPSA) is 72.2 Å². The number of hydrogen-bond acceptors (Lipinski definition) is 2. The Hall–Kier alpha value is -1.06. The number of primary amides is 1. The molecule has 0 aromatic carbocycles. The molecule has 1 rings (SSSR count). The lowest BCUT2D eigenvalue weighted by Gasteiger charge is -2.32. The number of nitrogens with two attached hydrogens (primary N) is 1. The van der Waals surface area contributed by atoms with Crippen LogP contribution < -0.4 is 11.1 Å². The molecule has 3 atom stereocenters. The van der Waals surface area contributed by atoms with Crippen LogP contribution in [0.4, 0.5) is 0 Å². The van der Waals surface area contributed by atoms with Crippen LogP contribution >= 0.6 is 0 Å². The van der Waals surface area contributed by atoms with E-state index in [2.05, 4.69) is 19.2 Å². The molecular formula is C11H20N2O2. The molecule has 2 amide bonds. The molecule has 3 unspecified atom stereocenters. The van der Waals surface area contributed by atoms with Gasteiger partial charge in [0.2, 0.25) is 11.8 Å². The smallest absolute Gasteiger partial charge is 0.236 e. The van der Waals surface area contributed by atoms with Crippen LogP contribution in [-0.4, -0.2) is 18.4 Å². The molecule has 4 heteroatoms. The lowest BCUT2D eigenvalue weighted by atomic mass is 9.73. The van der Waals surface area contributed by atoms with Crippen LogP contribution in [0, 0.1) is 17.8 Å². The molecule has 86 valence electrons. The first-order chi connectivity index (χ1) is 7.02. The molecule has 1 saturated carbocycles. The van der Waals surface area contributed by atoms with Crippen LogP contribution in [0.3, 0.4) is 0 Å². The summed E-state index contributed by atoms with van der Waals surface area (Å²) in [4.78, 5) is 22.3. The standard InChI is InChI=1S/C11H20N2O2/c1-7-4-3-5-9(8(7)2)11(15)13-6-10(12)14/h7-9H,3-6H2,1-2H3,(H2,12,14)(H,13,15). The maximum absolute atomic E-state index is 11.7. The monoisotopic (exact) mass is 212 g/mol. The molecule has 0 spiro atoms. The van der Waals surface area contributed by atoms with Gasteiger partial charge in [0.15, 0.2) is 0 Å². The van der Waals surface area contributed by atoms with Gasteiger partial charge < -0.3 is 11.1 Å². The Morgan fingerprint density at radius 1 is 1.33 bits per heavy atom. The van der Waals surface area contributed by atoms with Crippen molar-refractivity contribution < 1.29 is 9.59 Å². The highest BCUT2D eigenvalue weighted by atomic mass is 16.2. The van der Waals surface area contributed by atoms with E-state index < -0.39 is 5.91 Å². The molecule has 0 bridgehead atoms. The first kappa shape index (κ1) is 12.0. The third kappa shape index (κ3) is 3.22. The highest BCUT2D eigenvalue weighted by Gasteiger charge is 2.31. The first-order valence-corrected chi connectivity index (χ1v) is 5.58. The molecule has 3 N–H and O–H groups in total. The zero-order valence-corrected chi connectivity index (χ0v) is 9.45. The summed E-state index contributed by atoms with van der Waals surface area (Å²) in [6, 6.07) is 0. The van der Waals surface area contributed by atoms with Gasteiger partial charge in [0.1, 0.15) is 0 Å². The zero-order valence-electron chi connectivity index (χ0n) is 9.45. The number of carbonyl (C=O) groups is 2. The molecule has 0 heterocycles. The molecule has 1 fully saturated rings. The number of rotatable bonds is 3. The van der Waals surface area contributed by atoms with Gasteiger partial charge in [-0.25, -0.2) is 0 Å². The largest absolute Gasteiger partial charge is 0.368 e. The lowest BCUT2D eigenvalue weighted by Crippen LogP contribution is -2.41. The molecule has 0 aliphatic heterocycles. The van der Waals surface area contributed by atoms with Gasteiger partial charge in [0.25, 0.3) is 0 Å². The minimum absolute atomic E-state index is 0.0205. The molecular weight excluding hydrogens is 192 g/mol. The Morgan fingerprint density at radius 3 is 2.60 bits per heavy atom. The molecule has 1 aliphatic carbocycles. The van der Waals surface area contributed by atoms with E-state index in [9.17, 15) is 9.59 Å². The van der Waals surface area contributed by atoms with Crippen LogP contribution in [-0.2, 0) is 9.59 Å². The second kappa shape index (κ2) is 5.14. The van der Waals surface area contributed by atoms with Gasteiger partial charge in [-0.1, -0.05) is 26.7 Å². The van der Waals surface area contributed by atoms with Crippen LogP contribution in [0.2, 0.25) is 0 Å². The average Bonchev–Trinajstić information content (AvgIpc) is 2.18. The molecule has 0 aromatic rings. The van der Waals surface area contributed by atoms with Crippen molar-refractivity contribution in [1.29, 1.82) is 0 Å². The molecule has 15 heavy (non-hydrogen) atoms. The van der Waals surface area contributed by atoms with Crippen LogP contribution in [0.25, 0.3) is 0 Å².